The van der Waals surface area contributed by atoms with E-state index in [1.165, 1.54) is 13.0 Å². The second-order valence-electron chi connectivity index (χ2n) is 4.92. The van der Waals surface area contributed by atoms with Gasteiger partial charge in [-0.1, -0.05) is 12.1 Å². The van der Waals surface area contributed by atoms with Gasteiger partial charge in [-0.3, -0.25) is 9.59 Å². The summed E-state index contributed by atoms with van der Waals surface area (Å²) in [4.78, 5) is 23.6. The molecule has 1 N–H and O–H groups in total. The van der Waals surface area contributed by atoms with E-state index in [-0.39, 0.29) is 22.7 Å². The molecule has 0 unspecified atom stereocenters. The smallest absolute Gasteiger partial charge is 0.212 e. The van der Waals surface area contributed by atoms with Crippen molar-refractivity contribution in [3.05, 3.63) is 56.9 Å². The number of hydrogen-bond donors (Lipinski definition) is 1. The Kier molecular flexibility index (Phi) is 3.74. The van der Waals surface area contributed by atoms with E-state index in [1.54, 1.807) is 6.92 Å². The Balaban J connectivity index is 2.56. The van der Waals surface area contributed by atoms with Gasteiger partial charge < -0.3 is 9.73 Å². The lowest BCUT2D eigenvalue weighted by molar-refractivity contribution is 0.101. The van der Waals surface area contributed by atoms with Crippen LogP contribution in [0.4, 0.5) is 11.6 Å². The van der Waals surface area contributed by atoms with E-state index in [0.717, 1.165) is 16.8 Å². The highest BCUT2D eigenvalue weighted by Gasteiger charge is 2.16. The van der Waals surface area contributed by atoms with Crippen LogP contribution in [0.5, 0.6) is 0 Å². The van der Waals surface area contributed by atoms with Crippen LogP contribution in [0.1, 0.15) is 34.2 Å². The van der Waals surface area contributed by atoms with Crippen LogP contribution in [0.25, 0.3) is 0 Å². The quantitative estimate of drug-likeness (QED) is 0.868. The Morgan fingerprint density at radius 1 is 1.15 bits per heavy atom. The maximum absolute atomic E-state index is 11.9. The molecule has 2 aromatic rings. The normalized spacial score (nSPS) is 10.4. The van der Waals surface area contributed by atoms with Gasteiger partial charge in [0, 0.05) is 11.8 Å². The number of ketones is 1. The van der Waals surface area contributed by atoms with Crippen molar-refractivity contribution in [3.63, 3.8) is 0 Å². The minimum Gasteiger partial charge on any atom is -0.445 e. The van der Waals surface area contributed by atoms with Crippen molar-refractivity contribution in [2.24, 2.45) is 0 Å². The molecule has 1 aromatic heterocycles. The molecule has 0 saturated heterocycles. The first kappa shape index (κ1) is 14.1. The van der Waals surface area contributed by atoms with Gasteiger partial charge in [-0.2, -0.15) is 0 Å². The van der Waals surface area contributed by atoms with Crippen molar-refractivity contribution in [3.8, 4) is 0 Å². The highest BCUT2D eigenvalue weighted by Crippen LogP contribution is 2.24. The topological polar surface area (TPSA) is 59.3 Å². The summed E-state index contributed by atoms with van der Waals surface area (Å²) in [6, 6.07) is 7.24. The van der Waals surface area contributed by atoms with Gasteiger partial charge in [0.05, 0.1) is 0 Å². The average Bonchev–Trinajstić information content (AvgIpc) is 2.32. The Labute approximate surface area is 117 Å². The molecular formula is C16H17NO3. The fraction of sp³-hybridized carbons (Fsp3) is 0.250. The zero-order chi connectivity index (χ0) is 14.9. The lowest BCUT2D eigenvalue weighted by Crippen LogP contribution is -2.15. The van der Waals surface area contributed by atoms with E-state index in [0.29, 0.717) is 5.76 Å². The predicted molar refractivity (Wildman–Crippen MR) is 78.9 cm³/mol. The van der Waals surface area contributed by atoms with Gasteiger partial charge in [-0.25, -0.2) is 0 Å². The number of nitrogens with one attached hydrogen (secondary N) is 1. The summed E-state index contributed by atoms with van der Waals surface area (Å²) in [7, 11) is 0. The summed E-state index contributed by atoms with van der Waals surface area (Å²) >= 11 is 0. The SMILES string of the molecule is CC(=O)c1c(Nc2cc(C)ccc2C)oc(C)cc1=O. The number of anilines is 2. The number of rotatable bonds is 3. The molecule has 0 amide bonds. The molecule has 0 spiro atoms. The Morgan fingerprint density at radius 2 is 1.85 bits per heavy atom. The molecule has 4 nitrogen and oxygen atoms in total. The zero-order valence-electron chi connectivity index (χ0n) is 12.0. The summed E-state index contributed by atoms with van der Waals surface area (Å²) < 4.78 is 5.52. The number of carbonyl (C=O) groups is 1. The van der Waals surface area contributed by atoms with Gasteiger partial charge in [0.25, 0.3) is 0 Å². The molecule has 0 atom stereocenters. The second kappa shape index (κ2) is 5.33. The predicted octanol–water partition coefficient (Wildman–Crippen LogP) is 3.51. The fourth-order valence-electron chi connectivity index (χ4n) is 2.02. The molecule has 0 aliphatic carbocycles. The highest BCUT2D eigenvalue weighted by atomic mass is 16.4. The van der Waals surface area contributed by atoms with E-state index in [4.69, 9.17) is 4.42 Å². The molecule has 20 heavy (non-hydrogen) atoms. The number of benzene rings is 1. The van der Waals surface area contributed by atoms with Crippen LogP contribution in [0.2, 0.25) is 0 Å². The molecular weight excluding hydrogens is 254 g/mol. The summed E-state index contributed by atoms with van der Waals surface area (Å²) in [6.45, 7) is 6.96. The maximum Gasteiger partial charge on any atom is 0.212 e. The number of carbonyl (C=O) groups excluding carboxylic acids is 1. The molecule has 0 radical (unpaired) electrons. The molecule has 0 aliphatic heterocycles. The van der Waals surface area contributed by atoms with Crippen molar-refractivity contribution in [2.75, 3.05) is 5.32 Å². The van der Waals surface area contributed by atoms with Crippen LogP contribution in [-0.4, -0.2) is 5.78 Å². The Bertz CT molecular complexity index is 729. The van der Waals surface area contributed by atoms with E-state index < -0.39 is 0 Å². The largest absolute Gasteiger partial charge is 0.445 e. The number of aryl methyl sites for hydroxylation is 3. The zero-order valence-corrected chi connectivity index (χ0v) is 12.0. The molecule has 0 saturated carbocycles. The van der Waals surface area contributed by atoms with Crippen molar-refractivity contribution in [1.29, 1.82) is 0 Å². The van der Waals surface area contributed by atoms with Gasteiger partial charge in [0.1, 0.15) is 11.3 Å². The number of Topliss-reactive ketones (excluding diaryl/α,β-unsaturated/α-hetero) is 1. The third-order valence-electron chi connectivity index (χ3n) is 3.06. The van der Waals surface area contributed by atoms with E-state index in [1.807, 2.05) is 32.0 Å². The summed E-state index contributed by atoms with van der Waals surface area (Å²) in [5, 5.41) is 3.06. The molecule has 4 heteroatoms. The van der Waals surface area contributed by atoms with Gasteiger partial charge in [0.15, 0.2) is 11.2 Å². The summed E-state index contributed by atoms with van der Waals surface area (Å²) in [5.74, 6) is 0.357. The summed E-state index contributed by atoms with van der Waals surface area (Å²) in [5.41, 5.74) is 2.64. The van der Waals surface area contributed by atoms with Crippen LogP contribution in [-0.2, 0) is 0 Å². The lowest BCUT2D eigenvalue weighted by atomic mass is 10.1. The first-order valence-corrected chi connectivity index (χ1v) is 6.38. The van der Waals surface area contributed by atoms with Crippen LogP contribution in [0, 0.1) is 20.8 Å². The molecule has 1 aromatic carbocycles. The van der Waals surface area contributed by atoms with Gasteiger partial charge in [-0.05, 0) is 44.9 Å². The van der Waals surface area contributed by atoms with Gasteiger partial charge in [0.2, 0.25) is 5.88 Å². The molecule has 0 bridgehead atoms. The van der Waals surface area contributed by atoms with Crippen LogP contribution in [0.15, 0.2) is 33.5 Å². The van der Waals surface area contributed by atoms with Crippen LogP contribution < -0.4 is 10.7 Å². The van der Waals surface area contributed by atoms with E-state index in [2.05, 4.69) is 5.32 Å². The molecule has 0 aliphatic rings. The van der Waals surface area contributed by atoms with Crippen LogP contribution in [0.3, 0.4) is 0 Å². The monoisotopic (exact) mass is 271 g/mol. The van der Waals surface area contributed by atoms with E-state index >= 15 is 0 Å². The average molecular weight is 271 g/mol. The third kappa shape index (κ3) is 2.79. The van der Waals surface area contributed by atoms with Crippen molar-refractivity contribution >= 4 is 17.4 Å². The maximum atomic E-state index is 11.9. The van der Waals surface area contributed by atoms with Gasteiger partial charge >= 0.3 is 0 Å². The van der Waals surface area contributed by atoms with Crippen molar-refractivity contribution in [1.82, 2.24) is 0 Å². The minimum atomic E-state index is -0.325. The van der Waals surface area contributed by atoms with Crippen molar-refractivity contribution in [2.45, 2.75) is 27.7 Å². The Morgan fingerprint density at radius 3 is 2.50 bits per heavy atom. The highest BCUT2D eigenvalue weighted by molar-refractivity contribution is 5.98. The fourth-order valence-corrected chi connectivity index (χ4v) is 2.02. The minimum absolute atomic E-state index is 0.0523. The molecule has 0 fully saturated rings. The first-order chi connectivity index (χ1) is 9.38. The molecule has 1 heterocycles. The lowest BCUT2D eigenvalue weighted by Gasteiger charge is -2.12. The van der Waals surface area contributed by atoms with E-state index in [9.17, 15) is 9.59 Å². The standard InChI is InChI=1S/C16H17NO3/c1-9-5-6-10(2)13(7-9)17-16-15(12(4)18)14(19)8-11(3)20-16/h5-8,17H,1-4H3. The first-order valence-electron chi connectivity index (χ1n) is 6.38. The molecule has 104 valence electrons. The summed E-state index contributed by atoms with van der Waals surface area (Å²) in [6.07, 6.45) is 0. The molecule has 2 rings (SSSR count). The van der Waals surface area contributed by atoms with Gasteiger partial charge in [-0.15, -0.1) is 0 Å². The second-order valence-corrected chi connectivity index (χ2v) is 4.92. The number of hydrogen-bond acceptors (Lipinski definition) is 4. The third-order valence-corrected chi connectivity index (χ3v) is 3.06. The van der Waals surface area contributed by atoms with Crippen LogP contribution >= 0.6 is 0 Å². The Hall–Kier alpha value is -2.36. The van der Waals surface area contributed by atoms with Crippen molar-refractivity contribution < 1.29 is 9.21 Å².